The normalized spacial score (nSPS) is 17.5. The van der Waals surface area contributed by atoms with Crippen LogP contribution in [0, 0.1) is 11.8 Å². The van der Waals surface area contributed by atoms with Gasteiger partial charge in [0.1, 0.15) is 0 Å². The first kappa shape index (κ1) is 14.6. The van der Waals surface area contributed by atoms with Crippen molar-refractivity contribution in [3.8, 4) is 11.8 Å². The van der Waals surface area contributed by atoms with Gasteiger partial charge in [0.2, 0.25) is 0 Å². The fraction of sp³-hybridized carbons (Fsp3) is 0.294. The Morgan fingerprint density at radius 1 is 1.36 bits per heavy atom. The summed E-state index contributed by atoms with van der Waals surface area (Å²) < 4.78 is 0. The highest BCUT2D eigenvalue weighted by molar-refractivity contribution is 7.13. The van der Waals surface area contributed by atoms with E-state index in [2.05, 4.69) is 22.1 Å². The van der Waals surface area contributed by atoms with Crippen LogP contribution < -0.4 is 5.32 Å². The number of nitrogens with one attached hydrogen (secondary N) is 1. The van der Waals surface area contributed by atoms with Crippen LogP contribution in [-0.2, 0) is 4.79 Å². The van der Waals surface area contributed by atoms with E-state index in [0.717, 1.165) is 30.1 Å². The number of carbonyl (C=O) groups excluding carboxylic acids is 1. The summed E-state index contributed by atoms with van der Waals surface area (Å²) in [5.41, 5.74) is 0.866. The topological polar surface area (TPSA) is 45.2 Å². The predicted molar refractivity (Wildman–Crippen MR) is 88.7 cm³/mol. The third kappa shape index (κ3) is 3.86. The molecule has 0 spiro atoms. The maximum Gasteiger partial charge on any atom is 0.298 e. The second-order valence-corrected chi connectivity index (χ2v) is 6.08. The lowest BCUT2D eigenvalue weighted by molar-refractivity contribution is -0.126. The van der Waals surface area contributed by atoms with Crippen LogP contribution in [0.3, 0.4) is 0 Å². The number of anilines is 1. The minimum absolute atomic E-state index is 0.102. The van der Waals surface area contributed by atoms with E-state index in [1.54, 1.807) is 17.5 Å². The van der Waals surface area contributed by atoms with Crippen molar-refractivity contribution in [3.63, 3.8) is 0 Å². The molecule has 4 nitrogen and oxygen atoms in total. The number of amides is 1. The minimum Gasteiger partial charge on any atom is -0.357 e. The molecule has 1 aliphatic rings. The molecule has 112 valence electrons. The number of piperidine rings is 1. The van der Waals surface area contributed by atoms with Crippen molar-refractivity contribution in [3.05, 3.63) is 47.5 Å². The molecular formula is C17H17N3OS. The number of benzene rings is 1. The van der Waals surface area contributed by atoms with Crippen LogP contribution in [0.15, 0.2) is 41.9 Å². The molecule has 1 atom stereocenters. The molecule has 1 N–H and O–H groups in total. The molecule has 0 bridgehead atoms. The lowest BCUT2D eigenvalue weighted by Crippen LogP contribution is -2.44. The standard InChI is InChI=1S/C17H17N3OS/c21-16(9-8-14-5-2-1-3-6-14)20-11-4-7-15(13-20)19-17-18-10-12-22-17/h1-3,5-6,10,12,15H,4,7,11,13H2,(H,18,19). The Balaban J connectivity index is 1.59. The number of nitrogens with zero attached hydrogens (tertiary/aromatic N) is 2. The molecule has 1 aromatic heterocycles. The molecule has 0 radical (unpaired) electrons. The van der Waals surface area contributed by atoms with Crippen LogP contribution >= 0.6 is 11.3 Å². The fourth-order valence-corrected chi connectivity index (χ4v) is 3.08. The molecule has 1 amide bonds. The smallest absolute Gasteiger partial charge is 0.298 e. The molecule has 1 fully saturated rings. The molecule has 0 aliphatic carbocycles. The zero-order valence-corrected chi connectivity index (χ0v) is 13.0. The van der Waals surface area contributed by atoms with E-state index in [9.17, 15) is 4.79 Å². The molecule has 0 saturated carbocycles. The summed E-state index contributed by atoms with van der Waals surface area (Å²) in [4.78, 5) is 18.3. The quantitative estimate of drug-likeness (QED) is 0.867. The monoisotopic (exact) mass is 311 g/mol. The van der Waals surface area contributed by atoms with Crippen molar-refractivity contribution in [2.75, 3.05) is 18.4 Å². The Hall–Kier alpha value is -2.32. The number of hydrogen-bond donors (Lipinski definition) is 1. The largest absolute Gasteiger partial charge is 0.357 e. The molecule has 1 saturated heterocycles. The second kappa shape index (κ2) is 7.10. The van der Waals surface area contributed by atoms with Crippen LogP contribution in [0.4, 0.5) is 5.13 Å². The van der Waals surface area contributed by atoms with Crippen molar-refractivity contribution in [1.29, 1.82) is 0 Å². The molecule has 2 heterocycles. The molecular weight excluding hydrogens is 294 g/mol. The Morgan fingerprint density at radius 2 is 2.23 bits per heavy atom. The number of hydrogen-bond acceptors (Lipinski definition) is 4. The first-order valence-electron chi connectivity index (χ1n) is 7.33. The summed E-state index contributed by atoms with van der Waals surface area (Å²) in [6, 6.07) is 9.84. The molecule has 1 aromatic carbocycles. The highest BCUT2D eigenvalue weighted by atomic mass is 32.1. The Labute approximate surface area is 134 Å². The number of aromatic nitrogens is 1. The van der Waals surface area contributed by atoms with E-state index in [1.165, 1.54) is 0 Å². The molecule has 2 aromatic rings. The first-order chi connectivity index (χ1) is 10.8. The second-order valence-electron chi connectivity index (χ2n) is 5.19. The van der Waals surface area contributed by atoms with E-state index in [0.29, 0.717) is 6.54 Å². The Bertz CT molecular complexity index is 673. The van der Waals surface area contributed by atoms with Crippen molar-refractivity contribution in [2.24, 2.45) is 0 Å². The van der Waals surface area contributed by atoms with E-state index < -0.39 is 0 Å². The van der Waals surface area contributed by atoms with E-state index in [4.69, 9.17) is 0 Å². The third-order valence-electron chi connectivity index (χ3n) is 3.56. The summed E-state index contributed by atoms with van der Waals surface area (Å²) in [6.07, 6.45) is 3.82. The van der Waals surface area contributed by atoms with Gasteiger partial charge in [0, 0.05) is 42.2 Å². The average molecular weight is 311 g/mol. The lowest BCUT2D eigenvalue weighted by Gasteiger charge is -2.31. The van der Waals surface area contributed by atoms with Crippen LogP contribution in [0.2, 0.25) is 0 Å². The summed E-state index contributed by atoms with van der Waals surface area (Å²) in [5, 5.41) is 6.24. The van der Waals surface area contributed by atoms with Gasteiger partial charge in [0.15, 0.2) is 5.13 Å². The third-order valence-corrected chi connectivity index (χ3v) is 4.26. The van der Waals surface area contributed by atoms with E-state index in [1.807, 2.05) is 40.6 Å². The average Bonchev–Trinajstić information content (AvgIpc) is 3.07. The molecule has 3 rings (SSSR count). The van der Waals surface area contributed by atoms with Crippen LogP contribution in [0.25, 0.3) is 0 Å². The van der Waals surface area contributed by atoms with Gasteiger partial charge in [-0.3, -0.25) is 4.79 Å². The maximum absolute atomic E-state index is 12.2. The van der Waals surface area contributed by atoms with Gasteiger partial charge in [-0.15, -0.1) is 11.3 Å². The maximum atomic E-state index is 12.2. The van der Waals surface area contributed by atoms with Crippen molar-refractivity contribution >= 4 is 22.4 Å². The summed E-state index contributed by atoms with van der Waals surface area (Å²) >= 11 is 1.58. The molecule has 5 heteroatoms. The van der Waals surface area contributed by atoms with E-state index in [-0.39, 0.29) is 11.9 Å². The van der Waals surface area contributed by atoms with Crippen molar-refractivity contribution in [1.82, 2.24) is 9.88 Å². The lowest BCUT2D eigenvalue weighted by atomic mass is 10.1. The zero-order chi connectivity index (χ0) is 15.2. The van der Waals surface area contributed by atoms with Gasteiger partial charge in [0.25, 0.3) is 5.91 Å². The minimum atomic E-state index is -0.102. The number of thiazole rings is 1. The molecule has 1 unspecified atom stereocenters. The zero-order valence-electron chi connectivity index (χ0n) is 12.2. The number of carbonyl (C=O) groups is 1. The van der Waals surface area contributed by atoms with E-state index >= 15 is 0 Å². The van der Waals surface area contributed by atoms with Gasteiger partial charge in [-0.2, -0.15) is 0 Å². The van der Waals surface area contributed by atoms with Gasteiger partial charge in [-0.1, -0.05) is 24.1 Å². The van der Waals surface area contributed by atoms with Gasteiger partial charge in [-0.05, 0) is 25.0 Å². The fourth-order valence-electron chi connectivity index (χ4n) is 2.47. The van der Waals surface area contributed by atoms with Crippen molar-refractivity contribution < 1.29 is 4.79 Å². The first-order valence-corrected chi connectivity index (χ1v) is 8.21. The Morgan fingerprint density at radius 3 is 3.00 bits per heavy atom. The predicted octanol–water partition coefficient (Wildman–Crippen LogP) is 2.60. The van der Waals surface area contributed by atoms with Gasteiger partial charge >= 0.3 is 0 Å². The van der Waals surface area contributed by atoms with Crippen molar-refractivity contribution in [2.45, 2.75) is 18.9 Å². The molecule has 1 aliphatic heterocycles. The molecule has 22 heavy (non-hydrogen) atoms. The van der Waals surface area contributed by atoms with Gasteiger partial charge < -0.3 is 10.2 Å². The van der Waals surface area contributed by atoms with Gasteiger partial charge in [0.05, 0.1) is 0 Å². The van der Waals surface area contributed by atoms with Gasteiger partial charge in [-0.25, -0.2) is 4.98 Å². The summed E-state index contributed by atoms with van der Waals surface area (Å²) in [5.74, 6) is 5.57. The van der Waals surface area contributed by atoms with Crippen LogP contribution in [0.5, 0.6) is 0 Å². The van der Waals surface area contributed by atoms with Crippen LogP contribution in [0.1, 0.15) is 18.4 Å². The SMILES string of the molecule is O=C(C#Cc1ccccc1)N1CCCC(Nc2nccs2)C1. The van der Waals surface area contributed by atoms with Crippen LogP contribution in [-0.4, -0.2) is 34.9 Å². The highest BCUT2D eigenvalue weighted by Crippen LogP contribution is 2.17. The Kier molecular flexibility index (Phi) is 4.71. The number of rotatable bonds is 2. The summed E-state index contributed by atoms with van der Waals surface area (Å²) in [7, 11) is 0. The number of likely N-dealkylation sites (tertiary alicyclic amines) is 1. The summed E-state index contributed by atoms with van der Waals surface area (Å²) in [6.45, 7) is 1.46. The highest BCUT2D eigenvalue weighted by Gasteiger charge is 2.23.